The largest absolute Gasteiger partial charge is 0.310 e. The number of hydrogen-bond acceptors (Lipinski definition) is 2. The molecule has 86 valence electrons. The van der Waals surface area contributed by atoms with Gasteiger partial charge in [0.15, 0.2) is 0 Å². The van der Waals surface area contributed by atoms with Crippen molar-refractivity contribution in [3.05, 3.63) is 39.9 Å². The summed E-state index contributed by atoms with van der Waals surface area (Å²) in [5.41, 5.74) is 1.36. The number of rotatable bonds is 1. The first-order valence-electron chi connectivity index (χ1n) is 5.26. The van der Waals surface area contributed by atoms with Gasteiger partial charge in [0.05, 0.1) is 10.9 Å². The maximum Gasteiger partial charge on any atom is 0.258 e. The number of nitrogens with zero attached hydrogens (tertiary/aromatic N) is 1. The molecule has 3 nitrogen and oxygen atoms in total. The summed E-state index contributed by atoms with van der Waals surface area (Å²) in [7, 11) is 0. The molecule has 2 aromatic rings. The first-order valence-corrected chi connectivity index (χ1v) is 5.79. The van der Waals surface area contributed by atoms with Crippen LogP contribution in [0.5, 0.6) is 0 Å². The van der Waals surface area contributed by atoms with Gasteiger partial charge in [-0.2, -0.15) is 0 Å². The van der Waals surface area contributed by atoms with Gasteiger partial charge in [-0.05, 0) is 25.1 Å². The van der Waals surface area contributed by atoms with E-state index in [0.717, 1.165) is 5.56 Å². The molecule has 0 saturated heterocycles. The van der Waals surface area contributed by atoms with E-state index in [2.05, 4.69) is 21.8 Å². The van der Waals surface area contributed by atoms with E-state index in [0.29, 0.717) is 29.0 Å². The first kappa shape index (κ1) is 11.7. The molecule has 4 heteroatoms. The Morgan fingerprint density at radius 2 is 2.29 bits per heavy atom. The van der Waals surface area contributed by atoms with Crippen molar-refractivity contribution >= 4 is 22.5 Å². The Morgan fingerprint density at radius 3 is 3.06 bits per heavy atom. The molecular weight excluding hydrogens is 236 g/mol. The standard InChI is InChI=1S/C13H11ClN2O/c1-9-15-12-6-5-10(4-2-3-7-14)8-11(12)13(17)16-9/h5-6,8H,3,7H2,1H3,(H,15,16,17). The van der Waals surface area contributed by atoms with E-state index < -0.39 is 0 Å². The first-order chi connectivity index (χ1) is 8.20. The SMILES string of the molecule is Cc1nc2ccc(C#CCCCl)cc2c(=O)[nH]1. The Balaban J connectivity index is 2.52. The minimum atomic E-state index is -0.131. The van der Waals surface area contributed by atoms with Crippen LogP contribution in [0.15, 0.2) is 23.0 Å². The zero-order valence-electron chi connectivity index (χ0n) is 9.38. The minimum absolute atomic E-state index is 0.131. The fourth-order valence-electron chi connectivity index (χ4n) is 1.55. The molecule has 1 heterocycles. The van der Waals surface area contributed by atoms with Crippen molar-refractivity contribution in [3.63, 3.8) is 0 Å². The second-order valence-electron chi connectivity index (χ2n) is 3.62. The highest BCUT2D eigenvalue weighted by Gasteiger charge is 2.01. The fourth-order valence-corrected chi connectivity index (χ4v) is 1.64. The van der Waals surface area contributed by atoms with Crippen LogP contribution in [0.3, 0.4) is 0 Å². The number of alkyl halides is 1. The number of benzene rings is 1. The van der Waals surface area contributed by atoms with Crippen LogP contribution in [0, 0.1) is 18.8 Å². The summed E-state index contributed by atoms with van der Waals surface area (Å²) in [6.45, 7) is 1.76. The average Bonchev–Trinajstić information content (AvgIpc) is 2.30. The van der Waals surface area contributed by atoms with Crippen molar-refractivity contribution in [3.8, 4) is 11.8 Å². The lowest BCUT2D eigenvalue weighted by atomic mass is 10.1. The predicted octanol–water partition coefficient (Wildman–Crippen LogP) is 2.21. The molecule has 0 aliphatic heterocycles. The van der Waals surface area contributed by atoms with Gasteiger partial charge in [-0.15, -0.1) is 11.6 Å². The van der Waals surface area contributed by atoms with Crippen LogP contribution in [0.1, 0.15) is 17.8 Å². The molecule has 0 spiro atoms. The van der Waals surface area contributed by atoms with E-state index in [9.17, 15) is 4.79 Å². The lowest BCUT2D eigenvalue weighted by Gasteiger charge is -1.98. The Labute approximate surface area is 104 Å². The summed E-state index contributed by atoms with van der Waals surface area (Å²) in [6, 6.07) is 5.42. The van der Waals surface area contributed by atoms with E-state index in [1.54, 1.807) is 13.0 Å². The van der Waals surface area contributed by atoms with Crippen molar-refractivity contribution in [1.29, 1.82) is 0 Å². The number of nitrogens with one attached hydrogen (secondary N) is 1. The second-order valence-corrected chi connectivity index (χ2v) is 4.00. The Bertz CT molecular complexity index is 664. The number of aryl methyl sites for hydroxylation is 1. The van der Waals surface area contributed by atoms with E-state index in [-0.39, 0.29) is 5.56 Å². The molecule has 0 fully saturated rings. The summed E-state index contributed by atoms with van der Waals surface area (Å²) >= 11 is 5.54. The van der Waals surface area contributed by atoms with Gasteiger partial charge in [0.25, 0.3) is 5.56 Å². The molecular formula is C13H11ClN2O. The van der Waals surface area contributed by atoms with Gasteiger partial charge in [0.1, 0.15) is 5.82 Å². The third kappa shape index (κ3) is 2.66. The van der Waals surface area contributed by atoms with Crippen LogP contribution in [-0.4, -0.2) is 15.8 Å². The third-order valence-electron chi connectivity index (χ3n) is 2.28. The van der Waals surface area contributed by atoms with Gasteiger partial charge < -0.3 is 4.98 Å². The molecule has 0 atom stereocenters. The highest BCUT2D eigenvalue weighted by atomic mass is 35.5. The van der Waals surface area contributed by atoms with E-state index >= 15 is 0 Å². The smallest absolute Gasteiger partial charge is 0.258 e. The normalized spacial score (nSPS) is 10.0. The Kier molecular flexibility index (Phi) is 3.46. The lowest BCUT2D eigenvalue weighted by molar-refractivity contribution is 1.06. The molecule has 17 heavy (non-hydrogen) atoms. The number of hydrogen-bond donors (Lipinski definition) is 1. The van der Waals surface area contributed by atoms with Crippen LogP contribution < -0.4 is 5.56 Å². The highest BCUT2D eigenvalue weighted by molar-refractivity contribution is 6.18. The van der Waals surface area contributed by atoms with Crippen molar-refractivity contribution in [1.82, 2.24) is 9.97 Å². The second kappa shape index (κ2) is 5.03. The number of aromatic nitrogens is 2. The Hall–Kier alpha value is -1.79. The zero-order chi connectivity index (χ0) is 12.3. The van der Waals surface area contributed by atoms with Crippen molar-refractivity contribution < 1.29 is 0 Å². The molecule has 0 aliphatic rings. The Morgan fingerprint density at radius 1 is 1.47 bits per heavy atom. The molecule has 0 unspecified atom stereocenters. The number of aromatic amines is 1. The third-order valence-corrected chi connectivity index (χ3v) is 2.46. The number of fused-ring (bicyclic) bond motifs is 1. The van der Waals surface area contributed by atoms with Crippen LogP contribution in [-0.2, 0) is 0 Å². The molecule has 0 saturated carbocycles. The summed E-state index contributed by atoms with van der Waals surface area (Å²) < 4.78 is 0. The minimum Gasteiger partial charge on any atom is -0.310 e. The van der Waals surface area contributed by atoms with Gasteiger partial charge >= 0.3 is 0 Å². The van der Waals surface area contributed by atoms with Crippen molar-refractivity contribution in [2.24, 2.45) is 0 Å². The lowest BCUT2D eigenvalue weighted by Crippen LogP contribution is -2.09. The molecule has 1 N–H and O–H groups in total. The highest BCUT2D eigenvalue weighted by Crippen LogP contribution is 2.09. The van der Waals surface area contributed by atoms with E-state index in [1.807, 2.05) is 12.1 Å². The van der Waals surface area contributed by atoms with Crippen LogP contribution in [0.25, 0.3) is 10.9 Å². The molecule has 1 aromatic carbocycles. The van der Waals surface area contributed by atoms with Crippen molar-refractivity contribution in [2.75, 3.05) is 5.88 Å². The molecule has 1 aromatic heterocycles. The van der Waals surface area contributed by atoms with Gasteiger partial charge in [-0.1, -0.05) is 11.8 Å². The van der Waals surface area contributed by atoms with Gasteiger partial charge in [-0.3, -0.25) is 4.79 Å². The van der Waals surface area contributed by atoms with E-state index in [1.165, 1.54) is 0 Å². The fraction of sp³-hybridized carbons (Fsp3) is 0.231. The topological polar surface area (TPSA) is 45.8 Å². The summed E-state index contributed by atoms with van der Waals surface area (Å²) in [5.74, 6) is 7.03. The summed E-state index contributed by atoms with van der Waals surface area (Å²) in [4.78, 5) is 18.6. The van der Waals surface area contributed by atoms with E-state index in [4.69, 9.17) is 11.6 Å². The molecule has 0 radical (unpaired) electrons. The number of halogens is 1. The maximum absolute atomic E-state index is 11.7. The quantitative estimate of drug-likeness (QED) is 0.619. The van der Waals surface area contributed by atoms with Gasteiger partial charge in [-0.25, -0.2) is 4.98 Å². The molecule has 0 bridgehead atoms. The zero-order valence-corrected chi connectivity index (χ0v) is 10.1. The van der Waals surface area contributed by atoms with Crippen LogP contribution in [0.2, 0.25) is 0 Å². The summed E-state index contributed by atoms with van der Waals surface area (Å²) in [5, 5.41) is 0.563. The molecule has 0 amide bonds. The van der Waals surface area contributed by atoms with Gasteiger partial charge in [0.2, 0.25) is 0 Å². The predicted molar refractivity (Wildman–Crippen MR) is 69.3 cm³/mol. The summed E-state index contributed by atoms with van der Waals surface area (Å²) in [6.07, 6.45) is 0.641. The molecule has 0 aliphatic carbocycles. The average molecular weight is 247 g/mol. The van der Waals surface area contributed by atoms with Crippen LogP contribution in [0.4, 0.5) is 0 Å². The maximum atomic E-state index is 11.7. The van der Waals surface area contributed by atoms with Crippen molar-refractivity contribution in [2.45, 2.75) is 13.3 Å². The molecule has 2 rings (SSSR count). The van der Waals surface area contributed by atoms with Gasteiger partial charge in [0, 0.05) is 17.9 Å². The monoisotopic (exact) mass is 246 g/mol. The van der Waals surface area contributed by atoms with Crippen LogP contribution >= 0.6 is 11.6 Å². The number of H-pyrrole nitrogens is 1.